The van der Waals surface area contributed by atoms with E-state index in [2.05, 4.69) is 5.10 Å². The number of rotatable bonds is 5. The van der Waals surface area contributed by atoms with E-state index < -0.39 is 17.7 Å². The molecule has 0 radical (unpaired) electrons. The zero-order valence-corrected chi connectivity index (χ0v) is 14.8. The molecule has 1 aromatic carbocycles. The van der Waals surface area contributed by atoms with Gasteiger partial charge in [-0.3, -0.25) is 14.4 Å². The minimum absolute atomic E-state index is 0.0341. The molecule has 1 aliphatic rings. The monoisotopic (exact) mass is 364 g/mol. The van der Waals surface area contributed by atoms with Crippen LogP contribution in [0.5, 0.6) is 0 Å². The molecule has 2 aromatic rings. The van der Waals surface area contributed by atoms with Crippen LogP contribution in [0.1, 0.15) is 29.5 Å². The van der Waals surface area contributed by atoms with Gasteiger partial charge in [0, 0.05) is 39.3 Å². The zero-order chi connectivity index (χ0) is 18.8. The highest BCUT2D eigenvalue weighted by Crippen LogP contribution is 2.23. The summed E-state index contributed by atoms with van der Waals surface area (Å²) in [7, 11) is 3.26. The molecule has 0 saturated heterocycles. The summed E-state index contributed by atoms with van der Waals surface area (Å²) in [6.45, 7) is 1.78. The highest BCUT2D eigenvalue weighted by atomic mass is 19.1. The van der Waals surface area contributed by atoms with E-state index in [0.717, 1.165) is 5.69 Å². The first-order chi connectivity index (χ1) is 12.3. The van der Waals surface area contributed by atoms with Gasteiger partial charge in [-0.1, -0.05) is 6.07 Å². The first-order valence-corrected chi connectivity index (χ1v) is 8.45. The number of aromatic nitrogens is 2. The fourth-order valence-electron chi connectivity index (χ4n) is 3.00. The second kappa shape index (κ2) is 7.51. The molecule has 2 heterocycles. The number of carbonyl (C=O) groups is 1. The summed E-state index contributed by atoms with van der Waals surface area (Å²) in [5, 5.41) is 14.6. The van der Waals surface area contributed by atoms with Crippen LogP contribution >= 0.6 is 0 Å². The van der Waals surface area contributed by atoms with Gasteiger partial charge < -0.3 is 10.0 Å². The molecule has 1 N–H and O–H groups in total. The normalized spacial score (nSPS) is 15.6. The van der Waals surface area contributed by atoms with E-state index in [1.165, 1.54) is 23.1 Å². The summed E-state index contributed by atoms with van der Waals surface area (Å²) >= 11 is 0. The molecule has 0 fully saturated rings. The molecule has 1 atom stereocenters. The lowest BCUT2D eigenvalue weighted by Crippen LogP contribution is -2.33. The van der Waals surface area contributed by atoms with E-state index in [0.29, 0.717) is 25.3 Å². The number of hydrogen-bond donors (Lipinski definition) is 1. The second-order valence-corrected chi connectivity index (χ2v) is 6.70. The average Bonchev–Trinajstić information content (AvgIpc) is 3.01. The Morgan fingerprint density at radius 2 is 2.00 bits per heavy atom. The minimum Gasteiger partial charge on any atom is -0.386 e. The Hall–Kier alpha value is -2.32. The zero-order valence-electron chi connectivity index (χ0n) is 14.8. The number of fused-ring (bicyclic) bond motifs is 1. The van der Waals surface area contributed by atoms with Crippen molar-refractivity contribution in [2.24, 2.45) is 0 Å². The van der Waals surface area contributed by atoms with Crippen LogP contribution in [-0.4, -0.2) is 51.2 Å². The molecule has 1 amide bonds. The van der Waals surface area contributed by atoms with Crippen LogP contribution in [0.25, 0.3) is 0 Å². The van der Waals surface area contributed by atoms with Crippen molar-refractivity contribution in [1.29, 1.82) is 0 Å². The fraction of sp³-hybridized carbons (Fsp3) is 0.444. The smallest absolute Gasteiger partial charge is 0.225 e. The molecule has 1 aromatic heterocycles. The highest BCUT2D eigenvalue weighted by Gasteiger charge is 2.24. The number of aliphatic hydroxyl groups is 1. The molecular formula is C18H22F2N4O2. The Balaban J connectivity index is 1.69. The molecule has 0 bridgehead atoms. The fourth-order valence-corrected chi connectivity index (χ4v) is 3.00. The van der Waals surface area contributed by atoms with Crippen LogP contribution in [-0.2, 0) is 24.4 Å². The molecule has 0 aliphatic carbocycles. The topological polar surface area (TPSA) is 61.6 Å². The van der Waals surface area contributed by atoms with Gasteiger partial charge >= 0.3 is 0 Å². The van der Waals surface area contributed by atoms with Crippen molar-refractivity contribution in [1.82, 2.24) is 19.6 Å². The van der Waals surface area contributed by atoms with E-state index in [1.807, 2.05) is 4.90 Å². The Morgan fingerprint density at radius 1 is 1.31 bits per heavy atom. The van der Waals surface area contributed by atoms with Crippen molar-refractivity contribution in [2.75, 3.05) is 20.6 Å². The SMILES string of the molecule is CN(C)C(=O)C[C@@H](O)c1cc2n(n1)CCN(Cc1c(F)cccc1F)C2. The maximum absolute atomic E-state index is 13.8. The quantitative estimate of drug-likeness (QED) is 0.877. The predicted octanol–water partition coefficient (Wildman–Crippen LogP) is 1.69. The largest absolute Gasteiger partial charge is 0.386 e. The van der Waals surface area contributed by atoms with Crippen molar-refractivity contribution >= 4 is 5.91 Å². The van der Waals surface area contributed by atoms with Crippen molar-refractivity contribution in [3.8, 4) is 0 Å². The van der Waals surface area contributed by atoms with Crippen molar-refractivity contribution < 1.29 is 18.7 Å². The van der Waals surface area contributed by atoms with E-state index in [4.69, 9.17) is 0 Å². The number of carbonyl (C=O) groups excluding carboxylic acids is 1. The van der Waals surface area contributed by atoms with Crippen LogP contribution in [0.4, 0.5) is 8.78 Å². The van der Waals surface area contributed by atoms with Crippen LogP contribution in [0.2, 0.25) is 0 Å². The van der Waals surface area contributed by atoms with Crippen molar-refractivity contribution in [2.45, 2.75) is 32.2 Å². The Labute approximate surface area is 150 Å². The molecule has 6 nitrogen and oxygen atoms in total. The number of amides is 1. The van der Waals surface area contributed by atoms with Gasteiger partial charge in [-0.05, 0) is 18.2 Å². The van der Waals surface area contributed by atoms with E-state index in [1.54, 1.807) is 24.8 Å². The summed E-state index contributed by atoms with van der Waals surface area (Å²) in [5.74, 6) is -1.29. The Bertz CT molecular complexity index is 786. The molecule has 140 valence electrons. The van der Waals surface area contributed by atoms with Gasteiger partial charge in [-0.15, -0.1) is 0 Å². The lowest BCUT2D eigenvalue weighted by molar-refractivity contribution is -0.130. The second-order valence-electron chi connectivity index (χ2n) is 6.70. The summed E-state index contributed by atoms with van der Waals surface area (Å²) in [5.41, 5.74) is 1.34. The molecule has 0 saturated carbocycles. The minimum atomic E-state index is -0.972. The van der Waals surface area contributed by atoms with Crippen LogP contribution < -0.4 is 0 Å². The molecular weight excluding hydrogens is 342 g/mol. The van der Waals surface area contributed by atoms with Gasteiger partial charge in [0.2, 0.25) is 5.91 Å². The van der Waals surface area contributed by atoms with Crippen LogP contribution in [0, 0.1) is 11.6 Å². The number of halogens is 2. The average molecular weight is 364 g/mol. The summed E-state index contributed by atoms with van der Waals surface area (Å²) in [6, 6.07) is 5.60. The summed E-state index contributed by atoms with van der Waals surface area (Å²) < 4.78 is 29.5. The van der Waals surface area contributed by atoms with Crippen LogP contribution in [0.15, 0.2) is 24.3 Å². The molecule has 26 heavy (non-hydrogen) atoms. The standard InChI is InChI=1S/C18H22F2N4O2/c1-22(2)18(26)9-17(25)16-8-12-10-23(6-7-24(12)21-16)11-13-14(19)4-3-5-15(13)20/h3-5,8,17,25H,6-7,9-11H2,1-2H3/t17-/m1/s1. The van der Waals surface area contributed by atoms with Gasteiger partial charge in [0.1, 0.15) is 17.7 Å². The third kappa shape index (κ3) is 3.91. The lowest BCUT2D eigenvalue weighted by atomic mass is 10.1. The molecule has 0 unspecified atom stereocenters. The highest BCUT2D eigenvalue weighted by molar-refractivity contribution is 5.76. The van der Waals surface area contributed by atoms with E-state index in [-0.39, 0.29) is 24.4 Å². The van der Waals surface area contributed by atoms with Crippen molar-refractivity contribution in [3.63, 3.8) is 0 Å². The predicted molar refractivity (Wildman–Crippen MR) is 91.0 cm³/mol. The van der Waals surface area contributed by atoms with Gasteiger partial charge in [0.15, 0.2) is 0 Å². The summed E-state index contributed by atoms with van der Waals surface area (Å²) in [6.07, 6.45) is -1.01. The first kappa shape index (κ1) is 18.5. The maximum atomic E-state index is 13.8. The lowest BCUT2D eigenvalue weighted by Gasteiger charge is -2.27. The molecule has 8 heteroatoms. The van der Waals surface area contributed by atoms with E-state index >= 15 is 0 Å². The number of hydrogen-bond acceptors (Lipinski definition) is 4. The van der Waals surface area contributed by atoms with Crippen molar-refractivity contribution in [3.05, 3.63) is 52.9 Å². The van der Waals surface area contributed by atoms with Gasteiger partial charge in [-0.25, -0.2) is 8.78 Å². The Morgan fingerprint density at radius 3 is 2.65 bits per heavy atom. The van der Waals surface area contributed by atoms with Gasteiger partial charge in [0.05, 0.1) is 24.4 Å². The Kier molecular flexibility index (Phi) is 5.33. The molecule has 3 rings (SSSR count). The first-order valence-electron chi connectivity index (χ1n) is 8.45. The maximum Gasteiger partial charge on any atom is 0.225 e. The third-order valence-corrected chi connectivity index (χ3v) is 4.55. The number of nitrogens with zero attached hydrogens (tertiary/aromatic N) is 4. The third-order valence-electron chi connectivity index (χ3n) is 4.55. The number of benzene rings is 1. The van der Waals surface area contributed by atoms with Crippen LogP contribution in [0.3, 0.4) is 0 Å². The van der Waals surface area contributed by atoms with Gasteiger partial charge in [-0.2, -0.15) is 5.10 Å². The number of aliphatic hydroxyl groups excluding tert-OH is 1. The summed E-state index contributed by atoms with van der Waals surface area (Å²) in [4.78, 5) is 15.1. The molecule has 1 aliphatic heterocycles. The molecule has 0 spiro atoms. The van der Waals surface area contributed by atoms with Gasteiger partial charge in [0.25, 0.3) is 0 Å². The van der Waals surface area contributed by atoms with E-state index in [9.17, 15) is 18.7 Å².